The van der Waals surface area contributed by atoms with E-state index < -0.39 is 0 Å². The summed E-state index contributed by atoms with van der Waals surface area (Å²) in [6.45, 7) is 3.05. The van der Waals surface area contributed by atoms with Crippen molar-refractivity contribution in [2.24, 2.45) is 5.92 Å². The molecule has 0 N–H and O–H groups in total. The Morgan fingerprint density at radius 2 is 1.96 bits per heavy atom. The van der Waals surface area contributed by atoms with Crippen LogP contribution in [0.3, 0.4) is 0 Å². The van der Waals surface area contributed by atoms with Gasteiger partial charge in [0.1, 0.15) is 0 Å². The molecule has 0 fully saturated rings. The molecule has 25 heavy (non-hydrogen) atoms. The number of fused-ring (bicyclic) bond motifs is 3. The molecule has 130 valence electrons. The predicted molar refractivity (Wildman–Crippen MR) is 100 cm³/mol. The molecule has 4 rings (SSSR count). The van der Waals surface area contributed by atoms with Crippen LogP contribution in [0.2, 0.25) is 0 Å². The Morgan fingerprint density at radius 1 is 1.16 bits per heavy atom. The molecule has 0 aliphatic heterocycles. The maximum atomic E-state index is 12.6. The minimum Gasteiger partial charge on any atom is -0.330 e. The summed E-state index contributed by atoms with van der Waals surface area (Å²) in [6, 6.07) is 10.5. The van der Waals surface area contributed by atoms with E-state index in [9.17, 15) is 4.79 Å². The summed E-state index contributed by atoms with van der Waals surface area (Å²) in [6.07, 6.45) is 9.09. The number of imidazole rings is 1. The summed E-state index contributed by atoms with van der Waals surface area (Å²) in [5.41, 5.74) is 6.11. The number of aromatic nitrogens is 2. The lowest BCUT2D eigenvalue weighted by Gasteiger charge is -2.31. The molecule has 3 nitrogen and oxygen atoms in total. The molecular weight excluding hydrogens is 308 g/mol. The molecule has 3 heteroatoms. The number of rotatable bonds is 5. The Kier molecular flexibility index (Phi) is 4.56. The standard InChI is InChI=1S/C22H26N2O/c1-2-3-9-18-20(25)13-11-17-10-12-19-22(21(17)18)23-15-24(19)14-16-7-5-4-6-8-16/h4-8,15,17H,2-3,9-14H2,1H3. The van der Waals surface area contributed by atoms with E-state index in [0.29, 0.717) is 11.7 Å². The van der Waals surface area contributed by atoms with Gasteiger partial charge in [0, 0.05) is 24.2 Å². The van der Waals surface area contributed by atoms with Crippen LogP contribution >= 0.6 is 0 Å². The summed E-state index contributed by atoms with van der Waals surface area (Å²) < 4.78 is 2.28. The number of carbonyl (C=O) groups excluding carboxylic acids is 1. The summed E-state index contributed by atoms with van der Waals surface area (Å²) in [5, 5.41) is 0. The number of nitrogens with zero attached hydrogens (tertiary/aromatic N) is 2. The molecular formula is C22H26N2O. The van der Waals surface area contributed by atoms with E-state index in [1.54, 1.807) is 0 Å². The monoisotopic (exact) mass is 334 g/mol. The number of carbonyl (C=O) groups is 1. The Balaban J connectivity index is 1.72. The lowest BCUT2D eigenvalue weighted by atomic mass is 9.73. The second-order valence-corrected chi connectivity index (χ2v) is 7.35. The number of hydrogen-bond donors (Lipinski definition) is 0. The average molecular weight is 334 g/mol. The molecule has 2 aliphatic rings. The van der Waals surface area contributed by atoms with Crippen LogP contribution in [-0.4, -0.2) is 15.3 Å². The molecule has 2 aliphatic carbocycles. The van der Waals surface area contributed by atoms with Gasteiger partial charge in [-0.15, -0.1) is 0 Å². The first-order chi connectivity index (χ1) is 12.3. The maximum Gasteiger partial charge on any atom is 0.159 e. The highest BCUT2D eigenvalue weighted by molar-refractivity contribution is 6.04. The molecule has 0 spiro atoms. The van der Waals surface area contributed by atoms with Crippen molar-refractivity contribution in [3.8, 4) is 0 Å². The van der Waals surface area contributed by atoms with Crippen molar-refractivity contribution >= 4 is 11.4 Å². The summed E-state index contributed by atoms with van der Waals surface area (Å²) >= 11 is 0. The van der Waals surface area contributed by atoms with Crippen LogP contribution in [0.1, 0.15) is 62.4 Å². The Bertz CT molecular complexity index is 801. The highest BCUT2D eigenvalue weighted by Gasteiger charge is 2.35. The Morgan fingerprint density at radius 3 is 2.76 bits per heavy atom. The van der Waals surface area contributed by atoms with Gasteiger partial charge < -0.3 is 4.57 Å². The fourth-order valence-electron chi connectivity index (χ4n) is 4.37. The van der Waals surface area contributed by atoms with Gasteiger partial charge in [-0.1, -0.05) is 43.7 Å². The van der Waals surface area contributed by atoms with Crippen molar-refractivity contribution in [1.29, 1.82) is 0 Å². The van der Waals surface area contributed by atoms with Crippen LogP contribution in [0.4, 0.5) is 0 Å². The third-order valence-electron chi connectivity index (χ3n) is 5.70. The van der Waals surface area contributed by atoms with Gasteiger partial charge >= 0.3 is 0 Å². The molecule has 1 heterocycles. The lowest BCUT2D eigenvalue weighted by Crippen LogP contribution is -2.24. The number of hydrogen-bond acceptors (Lipinski definition) is 2. The van der Waals surface area contributed by atoms with Crippen LogP contribution in [0.25, 0.3) is 5.57 Å². The van der Waals surface area contributed by atoms with E-state index in [0.717, 1.165) is 62.8 Å². The molecule has 1 unspecified atom stereocenters. The summed E-state index contributed by atoms with van der Waals surface area (Å²) in [7, 11) is 0. The number of ketones is 1. The average Bonchev–Trinajstić information content (AvgIpc) is 3.05. The molecule has 2 aromatic rings. The third-order valence-corrected chi connectivity index (χ3v) is 5.70. The molecule has 0 saturated carbocycles. The van der Waals surface area contributed by atoms with Crippen LogP contribution < -0.4 is 0 Å². The maximum absolute atomic E-state index is 12.6. The second kappa shape index (κ2) is 6.99. The first-order valence-corrected chi connectivity index (χ1v) is 9.62. The van der Waals surface area contributed by atoms with E-state index in [-0.39, 0.29) is 0 Å². The van der Waals surface area contributed by atoms with Crippen LogP contribution in [-0.2, 0) is 17.8 Å². The zero-order chi connectivity index (χ0) is 17.2. The van der Waals surface area contributed by atoms with Gasteiger partial charge in [0.2, 0.25) is 0 Å². The minimum absolute atomic E-state index is 0.366. The summed E-state index contributed by atoms with van der Waals surface area (Å²) in [4.78, 5) is 17.4. The molecule has 1 aromatic carbocycles. The van der Waals surface area contributed by atoms with Gasteiger partial charge in [-0.2, -0.15) is 0 Å². The van der Waals surface area contributed by atoms with Crippen molar-refractivity contribution in [2.75, 3.05) is 0 Å². The van der Waals surface area contributed by atoms with Crippen molar-refractivity contribution in [1.82, 2.24) is 9.55 Å². The van der Waals surface area contributed by atoms with Gasteiger partial charge in [-0.05, 0) is 49.2 Å². The van der Waals surface area contributed by atoms with Gasteiger partial charge in [0.25, 0.3) is 0 Å². The first kappa shape index (κ1) is 16.3. The van der Waals surface area contributed by atoms with Crippen molar-refractivity contribution < 1.29 is 4.79 Å². The second-order valence-electron chi connectivity index (χ2n) is 7.35. The van der Waals surface area contributed by atoms with Crippen molar-refractivity contribution in [3.05, 3.63) is 59.2 Å². The SMILES string of the molecule is CCCCC1=C2c3ncn(Cc4ccccc4)c3CCC2CCC1=O. The summed E-state index contributed by atoms with van der Waals surface area (Å²) in [5.74, 6) is 0.905. The van der Waals surface area contributed by atoms with Crippen LogP contribution in [0, 0.1) is 5.92 Å². The highest BCUT2D eigenvalue weighted by atomic mass is 16.1. The zero-order valence-corrected chi connectivity index (χ0v) is 15.0. The predicted octanol–water partition coefficient (Wildman–Crippen LogP) is 4.80. The van der Waals surface area contributed by atoms with Gasteiger partial charge in [-0.3, -0.25) is 4.79 Å². The smallest absolute Gasteiger partial charge is 0.159 e. The van der Waals surface area contributed by atoms with E-state index >= 15 is 0 Å². The van der Waals surface area contributed by atoms with E-state index in [4.69, 9.17) is 4.98 Å². The normalized spacial score (nSPS) is 19.7. The number of Topliss-reactive ketones (excluding diaryl/α,β-unsaturated/α-hetero) is 1. The Hall–Kier alpha value is -2.16. The van der Waals surface area contributed by atoms with E-state index in [1.165, 1.54) is 16.8 Å². The quantitative estimate of drug-likeness (QED) is 0.787. The third kappa shape index (κ3) is 3.08. The fraction of sp³-hybridized carbons (Fsp3) is 0.455. The lowest BCUT2D eigenvalue weighted by molar-refractivity contribution is -0.116. The molecule has 0 radical (unpaired) electrons. The van der Waals surface area contributed by atoms with Gasteiger partial charge in [0.15, 0.2) is 5.78 Å². The topological polar surface area (TPSA) is 34.9 Å². The first-order valence-electron chi connectivity index (χ1n) is 9.62. The van der Waals surface area contributed by atoms with Crippen molar-refractivity contribution in [2.45, 2.75) is 58.4 Å². The molecule has 0 bridgehead atoms. The molecule has 0 saturated heterocycles. The molecule has 1 aromatic heterocycles. The highest BCUT2D eigenvalue weighted by Crippen LogP contribution is 2.43. The van der Waals surface area contributed by atoms with Crippen LogP contribution in [0.15, 0.2) is 42.2 Å². The zero-order valence-electron chi connectivity index (χ0n) is 15.0. The molecule has 1 atom stereocenters. The van der Waals surface area contributed by atoms with E-state index in [1.807, 2.05) is 6.33 Å². The number of allylic oxidation sites excluding steroid dienone is 2. The Labute approximate surface area is 149 Å². The van der Waals surface area contributed by atoms with Crippen LogP contribution in [0.5, 0.6) is 0 Å². The fourth-order valence-corrected chi connectivity index (χ4v) is 4.37. The molecule has 0 amide bonds. The minimum atomic E-state index is 0.366. The van der Waals surface area contributed by atoms with Gasteiger partial charge in [0.05, 0.1) is 12.0 Å². The van der Waals surface area contributed by atoms with Gasteiger partial charge in [-0.25, -0.2) is 4.98 Å². The largest absolute Gasteiger partial charge is 0.330 e. The van der Waals surface area contributed by atoms with E-state index in [2.05, 4.69) is 41.8 Å². The number of unbranched alkanes of at least 4 members (excludes halogenated alkanes) is 1. The number of benzene rings is 1. The van der Waals surface area contributed by atoms with Crippen molar-refractivity contribution in [3.63, 3.8) is 0 Å².